The van der Waals surface area contributed by atoms with Crippen LogP contribution in [0.1, 0.15) is 17.0 Å². The van der Waals surface area contributed by atoms with Crippen LogP contribution in [0.5, 0.6) is 0 Å². The molecule has 1 atom stereocenters. The van der Waals surface area contributed by atoms with E-state index >= 15 is 0 Å². The van der Waals surface area contributed by atoms with Gasteiger partial charge in [-0.05, 0) is 24.1 Å². The third-order valence-corrected chi connectivity index (χ3v) is 3.54. The highest BCUT2D eigenvalue weighted by Gasteiger charge is 2.25. The average molecular weight is 252 g/mol. The van der Waals surface area contributed by atoms with E-state index in [0.717, 1.165) is 22.5 Å². The first kappa shape index (κ1) is 11.8. The summed E-state index contributed by atoms with van der Waals surface area (Å²) in [5.41, 5.74) is 4.00. The number of carbonyl (C=O) groups is 1. The van der Waals surface area contributed by atoms with Crippen molar-refractivity contribution in [2.24, 2.45) is 0 Å². The van der Waals surface area contributed by atoms with E-state index in [-0.39, 0.29) is 11.8 Å². The van der Waals surface area contributed by atoms with Gasteiger partial charge in [-0.25, -0.2) is 0 Å². The summed E-state index contributed by atoms with van der Waals surface area (Å²) in [5, 5.41) is 6.40. The topological polar surface area (TPSA) is 41.1 Å². The van der Waals surface area contributed by atoms with Crippen molar-refractivity contribution >= 4 is 17.3 Å². The molecule has 1 aliphatic rings. The minimum absolute atomic E-state index is 0.0479. The zero-order valence-corrected chi connectivity index (χ0v) is 10.8. The number of benzene rings is 2. The highest BCUT2D eigenvalue weighted by atomic mass is 16.1. The summed E-state index contributed by atoms with van der Waals surface area (Å²) in [7, 11) is 0. The Kier molecular flexibility index (Phi) is 2.95. The molecule has 1 amide bonds. The molecule has 0 bridgehead atoms. The number of nitrogens with one attached hydrogen (secondary N) is 2. The summed E-state index contributed by atoms with van der Waals surface area (Å²) in [5.74, 6) is -0.111. The highest BCUT2D eigenvalue weighted by molar-refractivity contribution is 6.01. The van der Waals surface area contributed by atoms with Gasteiger partial charge in [0.15, 0.2) is 0 Å². The number of hydrogen-bond donors (Lipinski definition) is 2. The minimum atomic E-state index is -0.159. The van der Waals surface area contributed by atoms with Gasteiger partial charge >= 0.3 is 0 Å². The van der Waals surface area contributed by atoms with Crippen molar-refractivity contribution in [3.63, 3.8) is 0 Å². The largest absolute Gasteiger partial charge is 0.382 e. The van der Waals surface area contributed by atoms with E-state index in [1.165, 1.54) is 0 Å². The maximum absolute atomic E-state index is 12.4. The lowest BCUT2D eigenvalue weighted by Crippen LogP contribution is -2.23. The molecule has 2 aromatic carbocycles. The fraction of sp³-hybridized carbons (Fsp3) is 0.188. The van der Waals surface area contributed by atoms with E-state index in [1.54, 1.807) is 0 Å². The molecule has 0 fully saturated rings. The SMILES string of the molecule is Cc1cccc2c1NC(=O)C(c1ccccc1)CN2. The van der Waals surface area contributed by atoms with Gasteiger partial charge < -0.3 is 10.6 Å². The summed E-state index contributed by atoms with van der Waals surface area (Å²) < 4.78 is 0. The molecule has 96 valence electrons. The van der Waals surface area contributed by atoms with Gasteiger partial charge in [-0.2, -0.15) is 0 Å². The van der Waals surface area contributed by atoms with Gasteiger partial charge in [0, 0.05) is 6.54 Å². The first-order valence-electron chi connectivity index (χ1n) is 6.45. The first-order chi connectivity index (χ1) is 9.25. The Hall–Kier alpha value is -2.29. The van der Waals surface area contributed by atoms with Crippen LogP contribution in [0.2, 0.25) is 0 Å². The van der Waals surface area contributed by atoms with E-state index in [0.29, 0.717) is 6.54 Å². The Morgan fingerprint density at radius 2 is 1.84 bits per heavy atom. The molecule has 0 saturated heterocycles. The van der Waals surface area contributed by atoms with Gasteiger partial charge in [0.05, 0.1) is 17.3 Å². The Morgan fingerprint density at radius 1 is 1.05 bits per heavy atom. The predicted octanol–water partition coefficient (Wildman–Crippen LogP) is 3.14. The number of anilines is 2. The summed E-state index contributed by atoms with van der Waals surface area (Å²) in [6, 6.07) is 15.9. The van der Waals surface area contributed by atoms with Gasteiger partial charge in [-0.1, -0.05) is 42.5 Å². The number of aryl methyl sites for hydroxylation is 1. The predicted molar refractivity (Wildman–Crippen MR) is 77.5 cm³/mol. The number of carbonyl (C=O) groups excluding carboxylic acids is 1. The zero-order valence-electron chi connectivity index (χ0n) is 10.8. The van der Waals surface area contributed by atoms with Crippen LogP contribution in [0.15, 0.2) is 48.5 Å². The van der Waals surface area contributed by atoms with E-state index in [9.17, 15) is 4.79 Å². The number of rotatable bonds is 1. The molecule has 3 rings (SSSR count). The van der Waals surface area contributed by atoms with Crippen LogP contribution in [-0.4, -0.2) is 12.5 Å². The molecule has 0 radical (unpaired) electrons. The van der Waals surface area contributed by atoms with Crippen LogP contribution in [0.25, 0.3) is 0 Å². The molecule has 0 aliphatic carbocycles. The summed E-state index contributed by atoms with van der Waals surface area (Å²) >= 11 is 0. The normalized spacial score (nSPS) is 17.9. The molecule has 3 heteroatoms. The van der Waals surface area contributed by atoms with Crippen LogP contribution >= 0.6 is 0 Å². The van der Waals surface area contributed by atoms with Gasteiger partial charge in [-0.3, -0.25) is 4.79 Å². The van der Waals surface area contributed by atoms with Crippen molar-refractivity contribution in [2.45, 2.75) is 12.8 Å². The third kappa shape index (κ3) is 2.19. The van der Waals surface area contributed by atoms with Crippen molar-refractivity contribution < 1.29 is 4.79 Å². The second-order valence-corrected chi connectivity index (χ2v) is 4.83. The second-order valence-electron chi connectivity index (χ2n) is 4.83. The molecular formula is C16H16N2O. The fourth-order valence-electron chi connectivity index (χ4n) is 2.45. The Balaban J connectivity index is 1.95. The lowest BCUT2D eigenvalue weighted by atomic mass is 9.98. The van der Waals surface area contributed by atoms with Crippen LogP contribution in [0, 0.1) is 6.92 Å². The number of fused-ring (bicyclic) bond motifs is 1. The monoisotopic (exact) mass is 252 g/mol. The highest BCUT2D eigenvalue weighted by Crippen LogP contribution is 2.31. The van der Waals surface area contributed by atoms with Gasteiger partial charge in [0.25, 0.3) is 0 Å². The Labute approximate surface area is 112 Å². The zero-order chi connectivity index (χ0) is 13.2. The molecule has 0 aromatic heterocycles. The lowest BCUT2D eigenvalue weighted by Gasteiger charge is -2.13. The third-order valence-electron chi connectivity index (χ3n) is 3.54. The van der Waals surface area contributed by atoms with Crippen LogP contribution in [0.3, 0.4) is 0 Å². The van der Waals surface area contributed by atoms with Gasteiger partial charge in [0.1, 0.15) is 0 Å². The van der Waals surface area contributed by atoms with Crippen LogP contribution < -0.4 is 10.6 Å². The Bertz CT molecular complexity index is 607. The van der Waals surface area contributed by atoms with Crippen LogP contribution in [-0.2, 0) is 4.79 Å². The fourth-order valence-corrected chi connectivity index (χ4v) is 2.45. The van der Waals surface area contributed by atoms with E-state index in [4.69, 9.17) is 0 Å². The molecule has 3 nitrogen and oxygen atoms in total. The minimum Gasteiger partial charge on any atom is -0.382 e. The molecule has 1 unspecified atom stereocenters. The maximum Gasteiger partial charge on any atom is 0.233 e. The molecule has 0 saturated carbocycles. The summed E-state index contributed by atoms with van der Waals surface area (Å²) in [6.45, 7) is 2.62. The van der Waals surface area contributed by atoms with Crippen LogP contribution in [0.4, 0.5) is 11.4 Å². The summed E-state index contributed by atoms with van der Waals surface area (Å²) in [4.78, 5) is 12.4. The van der Waals surface area contributed by atoms with Crippen molar-refractivity contribution in [3.8, 4) is 0 Å². The molecular weight excluding hydrogens is 236 g/mol. The number of para-hydroxylation sites is 1. The number of hydrogen-bond acceptors (Lipinski definition) is 2. The standard InChI is InChI=1S/C16H16N2O/c1-11-6-5-9-14-15(11)18-16(19)13(10-17-14)12-7-3-2-4-8-12/h2-9,13,17H,10H2,1H3,(H,18,19). The summed E-state index contributed by atoms with van der Waals surface area (Å²) in [6.07, 6.45) is 0. The molecule has 19 heavy (non-hydrogen) atoms. The Morgan fingerprint density at radius 3 is 2.63 bits per heavy atom. The second kappa shape index (κ2) is 4.76. The van der Waals surface area contributed by atoms with E-state index in [1.807, 2.05) is 55.5 Å². The van der Waals surface area contributed by atoms with Crippen molar-refractivity contribution in [3.05, 3.63) is 59.7 Å². The van der Waals surface area contributed by atoms with Crippen molar-refractivity contribution in [1.29, 1.82) is 0 Å². The van der Waals surface area contributed by atoms with Crippen molar-refractivity contribution in [1.82, 2.24) is 0 Å². The number of amides is 1. The van der Waals surface area contributed by atoms with Gasteiger partial charge in [-0.15, -0.1) is 0 Å². The molecule has 1 heterocycles. The molecule has 0 spiro atoms. The molecule has 1 aliphatic heterocycles. The van der Waals surface area contributed by atoms with E-state index in [2.05, 4.69) is 10.6 Å². The van der Waals surface area contributed by atoms with Crippen molar-refractivity contribution in [2.75, 3.05) is 17.2 Å². The first-order valence-corrected chi connectivity index (χ1v) is 6.45. The van der Waals surface area contributed by atoms with E-state index < -0.39 is 0 Å². The maximum atomic E-state index is 12.4. The average Bonchev–Trinajstić information content (AvgIpc) is 2.60. The smallest absolute Gasteiger partial charge is 0.233 e. The van der Waals surface area contributed by atoms with Gasteiger partial charge in [0.2, 0.25) is 5.91 Å². The lowest BCUT2D eigenvalue weighted by molar-refractivity contribution is -0.117. The quantitative estimate of drug-likeness (QED) is 0.818. The molecule has 2 aromatic rings. The molecule has 2 N–H and O–H groups in total.